The summed E-state index contributed by atoms with van der Waals surface area (Å²) < 4.78 is 33.3. The number of phenols is 1. The number of hydrazone groups is 1. The van der Waals surface area contributed by atoms with Gasteiger partial charge in [0, 0.05) is 12.3 Å². The molecule has 0 aliphatic heterocycles. The van der Waals surface area contributed by atoms with E-state index in [1.54, 1.807) is 13.0 Å². The van der Waals surface area contributed by atoms with E-state index in [0.717, 1.165) is 6.26 Å². The molecule has 8 nitrogen and oxygen atoms in total. The highest BCUT2D eigenvalue weighted by molar-refractivity contribution is 7.90. The van der Waals surface area contributed by atoms with Crippen LogP contribution in [0.5, 0.6) is 17.2 Å². The van der Waals surface area contributed by atoms with E-state index in [-0.39, 0.29) is 28.7 Å². The molecular formula is C18H20N2O6S. The maximum Gasteiger partial charge on any atom is 0.354 e. The van der Waals surface area contributed by atoms with Gasteiger partial charge < -0.3 is 14.6 Å². The normalized spacial score (nSPS) is 11.7. The van der Waals surface area contributed by atoms with Crippen LogP contribution in [0.4, 0.5) is 5.69 Å². The van der Waals surface area contributed by atoms with Crippen LogP contribution in [0, 0.1) is 0 Å². The van der Waals surface area contributed by atoms with Crippen molar-refractivity contribution >= 4 is 27.2 Å². The summed E-state index contributed by atoms with van der Waals surface area (Å²) in [6.45, 7) is 3.42. The number of nitrogens with zero attached hydrogens (tertiary/aromatic N) is 1. The fourth-order valence-corrected chi connectivity index (χ4v) is 2.62. The highest BCUT2D eigenvalue weighted by atomic mass is 32.2. The van der Waals surface area contributed by atoms with E-state index in [9.17, 15) is 18.3 Å². The number of anilines is 1. The molecule has 0 saturated carbocycles. The minimum absolute atomic E-state index is 0.113. The summed E-state index contributed by atoms with van der Waals surface area (Å²) in [5.41, 5.74) is 2.97. The summed E-state index contributed by atoms with van der Waals surface area (Å²) in [4.78, 5) is 11.7. The van der Waals surface area contributed by atoms with Gasteiger partial charge in [0.15, 0.2) is 9.84 Å². The second kappa shape index (κ2) is 8.54. The van der Waals surface area contributed by atoms with E-state index in [1.165, 1.54) is 43.3 Å². The zero-order valence-corrected chi connectivity index (χ0v) is 15.9. The van der Waals surface area contributed by atoms with Gasteiger partial charge >= 0.3 is 5.97 Å². The van der Waals surface area contributed by atoms with Crippen LogP contribution in [0.15, 0.2) is 52.5 Å². The molecule has 0 fully saturated rings. The molecule has 0 heterocycles. The lowest BCUT2D eigenvalue weighted by Crippen LogP contribution is -2.15. The second-order valence-corrected chi connectivity index (χ2v) is 7.57. The molecule has 0 bridgehead atoms. The Bertz CT molecular complexity index is 952. The maximum atomic E-state index is 11.5. The lowest BCUT2D eigenvalue weighted by Gasteiger charge is -2.09. The number of rotatable bonds is 7. The number of hydrogen-bond acceptors (Lipinski definition) is 8. The highest BCUT2D eigenvalue weighted by Crippen LogP contribution is 2.31. The van der Waals surface area contributed by atoms with Gasteiger partial charge in [-0.15, -0.1) is 0 Å². The second-order valence-electron chi connectivity index (χ2n) is 5.55. The van der Waals surface area contributed by atoms with Gasteiger partial charge in [-0.05, 0) is 50.2 Å². The summed E-state index contributed by atoms with van der Waals surface area (Å²) in [5, 5.41) is 13.9. The number of sulfone groups is 1. The van der Waals surface area contributed by atoms with Crippen molar-refractivity contribution in [3.8, 4) is 17.2 Å². The number of aromatic hydroxyl groups is 1. The summed E-state index contributed by atoms with van der Waals surface area (Å²) >= 11 is 0. The third kappa shape index (κ3) is 5.71. The Kier molecular flexibility index (Phi) is 6.40. The van der Waals surface area contributed by atoms with Gasteiger partial charge in [0.1, 0.15) is 23.0 Å². The molecule has 0 saturated heterocycles. The first-order chi connectivity index (χ1) is 12.7. The number of phenolic OH excluding ortho intramolecular Hbond substituents is 1. The standard InChI is InChI=1S/C18H20N2O6S/c1-4-25-18(22)12(2)19-20-16-10-7-14(11-17(16)21)26-13-5-8-15(9-6-13)27(3,23)24/h5-11,20-21H,4H2,1-3H3/b19-12+. The van der Waals surface area contributed by atoms with Crippen LogP contribution < -0.4 is 10.2 Å². The van der Waals surface area contributed by atoms with Crippen LogP contribution in [0.3, 0.4) is 0 Å². The van der Waals surface area contributed by atoms with E-state index >= 15 is 0 Å². The molecule has 9 heteroatoms. The number of hydrogen-bond donors (Lipinski definition) is 2. The van der Waals surface area contributed by atoms with E-state index < -0.39 is 15.8 Å². The molecule has 0 aliphatic rings. The SMILES string of the molecule is CCOC(=O)/C(C)=N/Nc1ccc(Oc2ccc(S(C)(=O)=O)cc2)cc1O. The van der Waals surface area contributed by atoms with E-state index in [4.69, 9.17) is 9.47 Å². The molecule has 0 unspecified atom stereocenters. The van der Waals surface area contributed by atoms with E-state index in [2.05, 4.69) is 10.5 Å². The van der Waals surface area contributed by atoms with Crippen molar-refractivity contribution in [2.24, 2.45) is 5.10 Å². The molecule has 2 rings (SSSR count). The summed E-state index contributed by atoms with van der Waals surface area (Å²) in [6.07, 6.45) is 1.12. The number of benzene rings is 2. The first-order valence-corrected chi connectivity index (χ1v) is 9.88. The van der Waals surface area contributed by atoms with Crippen molar-refractivity contribution in [2.45, 2.75) is 18.7 Å². The largest absolute Gasteiger partial charge is 0.506 e. The molecular weight excluding hydrogens is 372 g/mol. The molecule has 144 valence electrons. The minimum Gasteiger partial charge on any atom is -0.506 e. The van der Waals surface area contributed by atoms with Crippen molar-refractivity contribution in [2.75, 3.05) is 18.3 Å². The molecule has 0 aliphatic carbocycles. The van der Waals surface area contributed by atoms with Crippen molar-refractivity contribution < 1.29 is 27.8 Å². The monoisotopic (exact) mass is 392 g/mol. The predicted octanol–water partition coefficient (Wildman–Crippen LogP) is 2.94. The Morgan fingerprint density at radius 1 is 1.15 bits per heavy atom. The van der Waals surface area contributed by atoms with Gasteiger partial charge in [0.05, 0.1) is 17.2 Å². The smallest absolute Gasteiger partial charge is 0.354 e. The highest BCUT2D eigenvalue weighted by Gasteiger charge is 2.09. The van der Waals surface area contributed by atoms with E-state index in [1.807, 2.05) is 0 Å². The molecule has 2 aromatic carbocycles. The molecule has 0 atom stereocenters. The Labute approximate surface area is 157 Å². The van der Waals surface area contributed by atoms with Crippen molar-refractivity contribution in [3.63, 3.8) is 0 Å². The Hall–Kier alpha value is -3.07. The maximum absolute atomic E-state index is 11.5. The number of nitrogens with one attached hydrogen (secondary N) is 1. The minimum atomic E-state index is -3.28. The van der Waals surface area contributed by atoms with E-state index in [0.29, 0.717) is 11.5 Å². The molecule has 0 amide bonds. The first kappa shape index (κ1) is 20.2. The van der Waals surface area contributed by atoms with Crippen LogP contribution in [-0.2, 0) is 19.4 Å². The van der Waals surface area contributed by atoms with Gasteiger partial charge in [0.25, 0.3) is 0 Å². The van der Waals surface area contributed by atoms with Gasteiger partial charge in [-0.25, -0.2) is 13.2 Å². The summed E-state index contributed by atoms with van der Waals surface area (Å²) in [7, 11) is -3.28. The molecule has 2 N–H and O–H groups in total. The predicted molar refractivity (Wildman–Crippen MR) is 101 cm³/mol. The van der Waals surface area contributed by atoms with Crippen LogP contribution >= 0.6 is 0 Å². The zero-order chi connectivity index (χ0) is 20.0. The molecule has 0 spiro atoms. The average Bonchev–Trinajstić information content (AvgIpc) is 2.60. The third-order valence-electron chi connectivity index (χ3n) is 3.37. The Morgan fingerprint density at radius 2 is 1.78 bits per heavy atom. The van der Waals surface area contributed by atoms with Gasteiger partial charge in [-0.3, -0.25) is 5.43 Å². The molecule has 0 aromatic heterocycles. The molecule has 0 radical (unpaired) electrons. The van der Waals surface area contributed by atoms with Gasteiger partial charge in [0.2, 0.25) is 0 Å². The number of esters is 1. The topological polar surface area (TPSA) is 114 Å². The Morgan fingerprint density at radius 3 is 2.33 bits per heavy atom. The zero-order valence-electron chi connectivity index (χ0n) is 15.1. The van der Waals surface area contributed by atoms with Crippen molar-refractivity contribution in [3.05, 3.63) is 42.5 Å². The van der Waals surface area contributed by atoms with Gasteiger partial charge in [-0.2, -0.15) is 5.10 Å². The van der Waals surface area contributed by atoms with Crippen molar-refractivity contribution in [1.29, 1.82) is 0 Å². The van der Waals surface area contributed by atoms with Crippen LogP contribution in [0.25, 0.3) is 0 Å². The average molecular weight is 392 g/mol. The number of carbonyl (C=O) groups excluding carboxylic acids is 1. The number of carbonyl (C=O) groups is 1. The van der Waals surface area contributed by atoms with Crippen LogP contribution in [0.1, 0.15) is 13.8 Å². The molecule has 27 heavy (non-hydrogen) atoms. The summed E-state index contributed by atoms with van der Waals surface area (Å²) in [5.74, 6) is 0.0672. The first-order valence-electron chi connectivity index (χ1n) is 7.99. The van der Waals surface area contributed by atoms with Crippen molar-refractivity contribution in [1.82, 2.24) is 0 Å². The van der Waals surface area contributed by atoms with Crippen LogP contribution in [-0.4, -0.2) is 38.1 Å². The third-order valence-corrected chi connectivity index (χ3v) is 4.50. The lowest BCUT2D eigenvalue weighted by atomic mass is 10.2. The summed E-state index contributed by atoms with van der Waals surface area (Å²) in [6, 6.07) is 10.4. The van der Waals surface area contributed by atoms with Crippen LogP contribution in [0.2, 0.25) is 0 Å². The lowest BCUT2D eigenvalue weighted by molar-refractivity contribution is -0.135. The van der Waals surface area contributed by atoms with Gasteiger partial charge in [-0.1, -0.05) is 0 Å². The Balaban J connectivity index is 2.08. The number of ether oxygens (including phenoxy) is 2. The fraction of sp³-hybridized carbons (Fsp3) is 0.222. The molecule has 2 aromatic rings. The quantitative estimate of drug-likeness (QED) is 0.322. The fourth-order valence-electron chi connectivity index (χ4n) is 1.99.